The number of aliphatic carboxylic acids is 1. The van der Waals surface area contributed by atoms with Gasteiger partial charge in [0.25, 0.3) is 5.91 Å². The lowest BCUT2D eigenvalue weighted by molar-refractivity contribution is -0.142. The largest absolute Gasteiger partial charge is 0.481 e. The van der Waals surface area contributed by atoms with Crippen molar-refractivity contribution in [3.05, 3.63) is 70.2 Å². The number of carboxylic acid groups (broad SMARTS) is 1. The summed E-state index contributed by atoms with van der Waals surface area (Å²) in [6.45, 7) is 3.36. The summed E-state index contributed by atoms with van der Waals surface area (Å²) >= 11 is 6.14. The number of benzene rings is 2. The molecule has 4 nitrogen and oxygen atoms in total. The van der Waals surface area contributed by atoms with Crippen LogP contribution in [0, 0.1) is 6.92 Å². The lowest BCUT2D eigenvalue weighted by Gasteiger charge is -2.25. The Hall–Kier alpha value is -2.33. The predicted octanol–water partition coefficient (Wildman–Crippen LogP) is 3.42. The van der Waals surface area contributed by atoms with E-state index in [0.29, 0.717) is 16.1 Å². The van der Waals surface area contributed by atoms with Gasteiger partial charge in [-0.2, -0.15) is 0 Å². The molecule has 2 aromatic carbocycles. The minimum Gasteiger partial charge on any atom is -0.481 e. The van der Waals surface area contributed by atoms with Crippen LogP contribution >= 0.6 is 11.6 Å². The van der Waals surface area contributed by atoms with Gasteiger partial charge < -0.3 is 10.4 Å². The molecule has 0 saturated heterocycles. The maximum absolute atomic E-state index is 12.3. The molecule has 0 radical (unpaired) electrons. The average molecular weight is 332 g/mol. The summed E-state index contributed by atoms with van der Waals surface area (Å²) in [6.07, 6.45) is 0. The quantitative estimate of drug-likeness (QED) is 0.882. The molecule has 1 unspecified atom stereocenters. The van der Waals surface area contributed by atoms with Gasteiger partial charge in [-0.05, 0) is 31.0 Å². The SMILES string of the molecule is Cc1cccc(C(=O)NCC(C)(C(=O)O)c2ccccc2)c1Cl. The van der Waals surface area contributed by atoms with Crippen molar-refractivity contribution >= 4 is 23.5 Å². The van der Waals surface area contributed by atoms with E-state index in [1.165, 1.54) is 0 Å². The highest BCUT2D eigenvalue weighted by Gasteiger charge is 2.35. The summed E-state index contributed by atoms with van der Waals surface area (Å²) in [5.41, 5.74) is 0.548. The first-order valence-electron chi connectivity index (χ1n) is 7.18. The summed E-state index contributed by atoms with van der Waals surface area (Å²) in [6, 6.07) is 14.0. The summed E-state index contributed by atoms with van der Waals surface area (Å²) in [5.74, 6) is -1.39. The lowest BCUT2D eigenvalue weighted by atomic mass is 9.82. The van der Waals surface area contributed by atoms with Crippen LogP contribution < -0.4 is 5.32 Å². The highest BCUT2D eigenvalue weighted by molar-refractivity contribution is 6.34. The Bertz CT molecular complexity index is 730. The number of amides is 1. The second-order valence-electron chi connectivity index (χ2n) is 5.62. The molecule has 23 heavy (non-hydrogen) atoms. The number of hydrogen-bond donors (Lipinski definition) is 2. The van der Waals surface area contributed by atoms with Crippen LogP contribution in [0.3, 0.4) is 0 Å². The first-order valence-corrected chi connectivity index (χ1v) is 7.56. The van der Waals surface area contributed by atoms with Crippen LogP contribution in [0.5, 0.6) is 0 Å². The maximum atomic E-state index is 12.3. The van der Waals surface area contributed by atoms with Gasteiger partial charge >= 0.3 is 5.97 Å². The highest BCUT2D eigenvalue weighted by Crippen LogP contribution is 2.24. The fraction of sp³-hybridized carbons (Fsp3) is 0.222. The van der Waals surface area contributed by atoms with E-state index in [1.54, 1.807) is 43.3 Å². The molecule has 2 N–H and O–H groups in total. The van der Waals surface area contributed by atoms with Gasteiger partial charge in [0.1, 0.15) is 5.41 Å². The predicted molar refractivity (Wildman–Crippen MR) is 90.0 cm³/mol. The van der Waals surface area contributed by atoms with Gasteiger partial charge in [0, 0.05) is 6.54 Å². The normalized spacial score (nSPS) is 13.2. The van der Waals surface area contributed by atoms with Gasteiger partial charge in [0.05, 0.1) is 10.6 Å². The summed E-state index contributed by atoms with van der Waals surface area (Å²) < 4.78 is 0. The van der Waals surface area contributed by atoms with Gasteiger partial charge in [-0.1, -0.05) is 54.1 Å². The molecule has 5 heteroatoms. The van der Waals surface area contributed by atoms with Crippen LogP contribution in [0.4, 0.5) is 0 Å². The zero-order valence-corrected chi connectivity index (χ0v) is 13.7. The molecule has 0 aromatic heterocycles. The van der Waals surface area contributed by atoms with Crippen LogP contribution in [0.2, 0.25) is 5.02 Å². The monoisotopic (exact) mass is 331 g/mol. The number of carbonyl (C=O) groups excluding carboxylic acids is 1. The van der Waals surface area contributed by atoms with Crippen molar-refractivity contribution in [2.75, 3.05) is 6.54 Å². The average Bonchev–Trinajstić information content (AvgIpc) is 2.55. The fourth-order valence-electron chi connectivity index (χ4n) is 2.28. The third-order valence-corrected chi connectivity index (χ3v) is 4.42. The molecular weight excluding hydrogens is 314 g/mol. The molecule has 120 valence electrons. The van der Waals surface area contributed by atoms with E-state index in [9.17, 15) is 14.7 Å². The van der Waals surface area contributed by atoms with Gasteiger partial charge in [-0.15, -0.1) is 0 Å². The summed E-state index contributed by atoms with van der Waals surface area (Å²) in [7, 11) is 0. The minimum atomic E-state index is -1.22. The second kappa shape index (κ2) is 6.84. The van der Waals surface area contributed by atoms with Gasteiger partial charge in [0.15, 0.2) is 0 Å². The van der Waals surface area contributed by atoms with Gasteiger partial charge in [-0.3, -0.25) is 9.59 Å². The Labute approximate surface area is 140 Å². The van der Waals surface area contributed by atoms with Crippen LogP contribution in [0.25, 0.3) is 0 Å². The highest BCUT2D eigenvalue weighted by atomic mass is 35.5. The van der Waals surface area contributed by atoms with Crippen LogP contribution in [0.15, 0.2) is 48.5 Å². The Balaban J connectivity index is 2.21. The van der Waals surface area contributed by atoms with E-state index in [4.69, 9.17) is 11.6 Å². The molecule has 2 rings (SSSR count). The summed E-state index contributed by atoms with van der Waals surface area (Å²) in [5, 5.41) is 12.7. The van der Waals surface area contributed by atoms with E-state index in [0.717, 1.165) is 5.56 Å². The number of rotatable bonds is 5. The molecule has 0 saturated carbocycles. The Morgan fingerprint density at radius 1 is 1.13 bits per heavy atom. The van der Waals surface area contributed by atoms with Crippen LogP contribution in [-0.4, -0.2) is 23.5 Å². The van der Waals surface area contributed by atoms with Gasteiger partial charge in [-0.25, -0.2) is 0 Å². The standard InChI is InChI=1S/C18H18ClNO3/c1-12-7-6-10-14(15(12)19)16(21)20-11-18(2,17(22)23)13-8-4-3-5-9-13/h3-10H,11H2,1-2H3,(H,20,21)(H,22,23). The molecule has 0 spiro atoms. The maximum Gasteiger partial charge on any atom is 0.315 e. The Morgan fingerprint density at radius 2 is 1.78 bits per heavy atom. The van der Waals surface area contributed by atoms with Crippen LogP contribution in [-0.2, 0) is 10.2 Å². The zero-order chi connectivity index (χ0) is 17.0. The molecule has 0 aliphatic heterocycles. The molecule has 0 heterocycles. The molecule has 1 atom stereocenters. The number of carbonyl (C=O) groups is 2. The molecule has 0 aliphatic carbocycles. The van der Waals surface area contributed by atoms with Crippen LogP contribution in [0.1, 0.15) is 28.4 Å². The van der Waals surface area contributed by atoms with Crippen molar-refractivity contribution < 1.29 is 14.7 Å². The van der Waals surface area contributed by atoms with E-state index in [2.05, 4.69) is 5.32 Å². The van der Waals surface area contributed by atoms with E-state index < -0.39 is 11.4 Å². The van der Waals surface area contributed by atoms with E-state index >= 15 is 0 Å². The fourth-order valence-corrected chi connectivity index (χ4v) is 2.49. The summed E-state index contributed by atoms with van der Waals surface area (Å²) in [4.78, 5) is 24.0. The van der Waals surface area contributed by atoms with Gasteiger partial charge in [0.2, 0.25) is 0 Å². The number of hydrogen-bond acceptors (Lipinski definition) is 2. The van der Waals surface area contributed by atoms with Crippen molar-refractivity contribution in [1.29, 1.82) is 0 Å². The van der Waals surface area contributed by atoms with Crippen molar-refractivity contribution in [2.24, 2.45) is 0 Å². The molecule has 0 bridgehead atoms. The zero-order valence-electron chi connectivity index (χ0n) is 13.0. The first kappa shape index (κ1) is 17.0. The smallest absolute Gasteiger partial charge is 0.315 e. The minimum absolute atomic E-state index is 0.0323. The van der Waals surface area contributed by atoms with Crippen molar-refractivity contribution in [2.45, 2.75) is 19.3 Å². The number of halogens is 1. The molecule has 1 amide bonds. The Morgan fingerprint density at radius 3 is 2.39 bits per heavy atom. The number of nitrogens with one attached hydrogen (secondary N) is 1. The first-order chi connectivity index (χ1) is 10.9. The van der Waals surface area contributed by atoms with Crippen molar-refractivity contribution in [3.63, 3.8) is 0 Å². The van der Waals surface area contributed by atoms with Crippen molar-refractivity contribution in [1.82, 2.24) is 5.32 Å². The molecule has 0 aliphatic rings. The van der Waals surface area contributed by atoms with E-state index in [-0.39, 0.29) is 12.5 Å². The second-order valence-corrected chi connectivity index (χ2v) is 6.00. The molecule has 2 aromatic rings. The molecular formula is C18H18ClNO3. The third kappa shape index (κ3) is 3.54. The third-order valence-electron chi connectivity index (χ3n) is 3.92. The number of carboxylic acids is 1. The number of aryl methyl sites for hydroxylation is 1. The lowest BCUT2D eigenvalue weighted by Crippen LogP contribution is -2.44. The molecule has 0 fully saturated rings. The van der Waals surface area contributed by atoms with Crippen molar-refractivity contribution in [3.8, 4) is 0 Å². The Kier molecular flexibility index (Phi) is 5.06. The van der Waals surface area contributed by atoms with E-state index in [1.807, 2.05) is 19.1 Å². The topological polar surface area (TPSA) is 66.4 Å².